The largest absolute Gasteiger partial charge is 0.486 e. The van der Waals surface area contributed by atoms with Crippen LogP contribution in [0.1, 0.15) is 36.5 Å². The summed E-state index contributed by atoms with van der Waals surface area (Å²) in [5, 5.41) is 3.44. The molecular weight excluding hydrogens is 262 g/mol. The lowest BCUT2D eigenvalue weighted by molar-refractivity contribution is 0.267. The lowest BCUT2D eigenvalue weighted by Crippen LogP contribution is -2.18. The Bertz CT molecular complexity index is 572. The number of rotatable bonds is 7. The lowest BCUT2D eigenvalue weighted by atomic mass is 10.2. The summed E-state index contributed by atoms with van der Waals surface area (Å²) in [5.41, 5.74) is 2.40. The van der Waals surface area contributed by atoms with Gasteiger partial charge in [-0.25, -0.2) is 0 Å². The quantitative estimate of drug-likeness (QED) is 0.828. The van der Waals surface area contributed by atoms with Crippen molar-refractivity contribution in [3.05, 3.63) is 53.0 Å². The molecule has 3 heteroatoms. The van der Waals surface area contributed by atoms with Crippen LogP contribution in [0.3, 0.4) is 0 Å². The first-order valence-corrected chi connectivity index (χ1v) is 7.53. The number of benzene rings is 1. The summed E-state index contributed by atoms with van der Waals surface area (Å²) in [6.45, 7) is 10.8. The molecule has 1 heterocycles. The summed E-state index contributed by atoms with van der Waals surface area (Å²) in [4.78, 5) is 0. The van der Waals surface area contributed by atoms with E-state index >= 15 is 0 Å². The summed E-state index contributed by atoms with van der Waals surface area (Å²) in [5.74, 6) is 3.37. The molecule has 0 saturated heterocycles. The zero-order valence-corrected chi connectivity index (χ0v) is 13.4. The number of nitrogens with one attached hydrogen (secondary N) is 1. The van der Waals surface area contributed by atoms with E-state index in [4.69, 9.17) is 9.15 Å². The van der Waals surface area contributed by atoms with E-state index in [0.717, 1.165) is 30.4 Å². The first-order valence-electron chi connectivity index (χ1n) is 7.53. The van der Waals surface area contributed by atoms with E-state index in [1.165, 1.54) is 11.1 Å². The van der Waals surface area contributed by atoms with Gasteiger partial charge in [0.1, 0.15) is 23.9 Å². The van der Waals surface area contributed by atoms with Gasteiger partial charge in [-0.3, -0.25) is 0 Å². The van der Waals surface area contributed by atoms with Gasteiger partial charge in [-0.15, -0.1) is 0 Å². The van der Waals surface area contributed by atoms with Crippen LogP contribution in [0.5, 0.6) is 5.75 Å². The van der Waals surface area contributed by atoms with Gasteiger partial charge in [0.2, 0.25) is 0 Å². The Hall–Kier alpha value is -1.74. The Morgan fingerprint density at radius 1 is 1.19 bits per heavy atom. The van der Waals surface area contributed by atoms with Crippen molar-refractivity contribution in [1.82, 2.24) is 5.32 Å². The predicted octanol–water partition coefficient (Wildman–Crippen LogP) is 4.22. The fraction of sp³-hybridized carbons (Fsp3) is 0.444. The van der Waals surface area contributed by atoms with Gasteiger partial charge in [-0.05, 0) is 50.1 Å². The molecule has 0 atom stereocenters. The third kappa shape index (κ3) is 4.94. The van der Waals surface area contributed by atoms with Gasteiger partial charge in [0.05, 0.1) is 0 Å². The molecule has 1 aromatic heterocycles. The molecule has 21 heavy (non-hydrogen) atoms. The van der Waals surface area contributed by atoms with Crippen LogP contribution in [-0.2, 0) is 13.2 Å². The monoisotopic (exact) mass is 287 g/mol. The summed E-state index contributed by atoms with van der Waals surface area (Å²) in [6, 6.07) is 10.1. The lowest BCUT2D eigenvalue weighted by Gasteiger charge is -2.05. The molecule has 0 amide bonds. The van der Waals surface area contributed by atoms with Crippen molar-refractivity contribution in [2.24, 2.45) is 5.92 Å². The maximum Gasteiger partial charge on any atom is 0.146 e. The summed E-state index contributed by atoms with van der Waals surface area (Å²) in [7, 11) is 0. The standard InChI is InChI=1S/C18H25NO2/c1-13(2)10-19-11-16-9-18(21-15(16)4)12-20-17-7-5-6-14(3)8-17/h5-9,13,19H,10-12H2,1-4H3. The third-order valence-corrected chi connectivity index (χ3v) is 3.31. The Morgan fingerprint density at radius 2 is 2.00 bits per heavy atom. The van der Waals surface area contributed by atoms with Crippen molar-refractivity contribution in [3.8, 4) is 5.75 Å². The van der Waals surface area contributed by atoms with E-state index in [1.54, 1.807) is 0 Å². The number of furan rings is 1. The van der Waals surface area contributed by atoms with Crippen molar-refractivity contribution in [2.45, 2.75) is 40.8 Å². The second-order valence-electron chi connectivity index (χ2n) is 5.92. The topological polar surface area (TPSA) is 34.4 Å². The molecule has 0 unspecified atom stereocenters. The molecule has 2 rings (SSSR count). The number of hydrogen-bond acceptors (Lipinski definition) is 3. The molecule has 0 fully saturated rings. The highest BCUT2D eigenvalue weighted by molar-refractivity contribution is 5.28. The Balaban J connectivity index is 1.89. The highest BCUT2D eigenvalue weighted by atomic mass is 16.5. The fourth-order valence-corrected chi connectivity index (χ4v) is 2.19. The molecule has 114 valence electrons. The Labute approximate surface area is 127 Å². The second kappa shape index (κ2) is 7.32. The van der Waals surface area contributed by atoms with Crippen LogP contribution in [0.2, 0.25) is 0 Å². The van der Waals surface area contributed by atoms with Gasteiger partial charge in [0.15, 0.2) is 0 Å². The molecule has 0 aliphatic rings. The highest BCUT2D eigenvalue weighted by Crippen LogP contribution is 2.18. The first kappa shape index (κ1) is 15.6. The minimum Gasteiger partial charge on any atom is -0.486 e. The van der Waals surface area contributed by atoms with Crippen LogP contribution in [0.15, 0.2) is 34.7 Å². The molecule has 0 spiro atoms. The normalized spacial score (nSPS) is 11.1. The van der Waals surface area contributed by atoms with Gasteiger partial charge in [-0.2, -0.15) is 0 Å². The SMILES string of the molecule is Cc1cccc(OCc2cc(CNCC(C)C)c(C)o2)c1. The molecule has 3 nitrogen and oxygen atoms in total. The maximum absolute atomic E-state index is 5.77. The fourth-order valence-electron chi connectivity index (χ4n) is 2.19. The van der Waals surface area contributed by atoms with Crippen molar-refractivity contribution < 1.29 is 9.15 Å². The van der Waals surface area contributed by atoms with Crippen molar-refractivity contribution in [3.63, 3.8) is 0 Å². The summed E-state index contributed by atoms with van der Waals surface area (Å²) in [6.07, 6.45) is 0. The predicted molar refractivity (Wildman–Crippen MR) is 85.5 cm³/mol. The van der Waals surface area contributed by atoms with Crippen molar-refractivity contribution in [2.75, 3.05) is 6.54 Å². The van der Waals surface area contributed by atoms with Gasteiger partial charge < -0.3 is 14.5 Å². The zero-order chi connectivity index (χ0) is 15.2. The van der Waals surface area contributed by atoms with Crippen LogP contribution in [0.25, 0.3) is 0 Å². The van der Waals surface area contributed by atoms with Crippen LogP contribution in [0, 0.1) is 19.8 Å². The second-order valence-corrected chi connectivity index (χ2v) is 5.92. The number of hydrogen-bond donors (Lipinski definition) is 1. The molecule has 0 saturated carbocycles. The van der Waals surface area contributed by atoms with Crippen molar-refractivity contribution in [1.29, 1.82) is 0 Å². The van der Waals surface area contributed by atoms with Crippen LogP contribution in [-0.4, -0.2) is 6.54 Å². The first-order chi connectivity index (χ1) is 10.0. The Morgan fingerprint density at radius 3 is 2.71 bits per heavy atom. The molecule has 1 aromatic carbocycles. The zero-order valence-electron chi connectivity index (χ0n) is 13.4. The average Bonchev–Trinajstić information content (AvgIpc) is 2.77. The van der Waals surface area contributed by atoms with Crippen LogP contribution >= 0.6 is 0 Å². The van der Waals surface area contributed by atoms with Gasteiger partial charge in [0.25, 0.3) is 0 Å². The van der Waals surface area contributed by atoms with Gasteiger partial charge in [0, 0.05) is 12.1 Å². The summed E-state index contributed by atoms with van der Waals surface area (Å²) >= 11 is 0. The Kier molecular flexibility index (Phi) is 5.45. The van der Waals surface area contributed by atoms with Crippen molar-refractivity contribution >= 4 is 0 Å². The minimum absolute atomic E-state index is 0.467. The number of aryl methyl sites for hydroxylation is 2. The van der Waals surface area contributed by atoms with Crippen LogP contribution < -0.4 is 10.1 Å². The van der Waals surface area contributed by atoms with Gasteiger partial charge in [-0.1, -0.05) is 26.0 Å². The maximum atomic E-state index is 5.77. The smallest absolute Gasteiger partial charge is 0.146 e. The minimum atomic E-state index is 0.467. The molecule has 0 aliphatic carbocycles. The average molecular weight is 287 g/mol. The third-order valence-electron chi connectivity index (χ3n) is 3.31. The van der Waals surface area contributed by atoms with E-state index in [2.05, 4.69) is 38.2 Å². The number of ether oxygens (including phenoxy) is 1. The molecule has 0 radical (unpaired) electrons. The molecular formula is C18H25NO2. The van der Waals surface area contributed by atoms with Crippen LogP contribution in [0.4, 0.5) is 0 Å². The molecule has 0 aliphatic heterocycles. The van der Waals surface area contributed by atoms with E-state index in [1.807, 2.05) is 25.1 Å². The van der Waals surface area contributed by atoms with E-state index < -0.39 is 0 Å². The molecule has 1 N–H and O–H groups in total. The molecule has 2 aromatic rings. The van der Waals surface area contributed by atoms with Gasteiger partial charge >= 0.3 is 0 Å². The van der Waals surface area contributed by atoms with E-state index in [0.29, 0.717) is 12.5 Å². The van der Waals surface area contributed by atoms with E-state index in [9.17, 15) is 0 Å². The molecule has 0 bridgehead atoms. The highest BCUT2D eigenvalue weighted by Gasteiger charge is 2.08. The van der Waals surface area contributed by atoms with E-state index in [-0.39, 0.29) is 0 Å². The summed E-state index contributed by atoms with van der Waals surface area (Å²) < 4.78 is 11.5.